The molecule has 0 radical (unpaired) electrons. The summed E-state index contributed by atoms with van der Waals surface area (Å²) in [7, 11) is 0. The minimum atomic E-state index is -0.572. The zero-order valence-electron chi connectivity index (χ0n) is 10.8. The molecule has 0 saturated heterocycles. The molecular weight excluding hydrogens is 281 g/mol. The lowest BCUT2D eigenvalue weighted by Gasteiger charge is -2.08. The van der Waals surface area contributed by atoms with Gasteiger partial charge in [-0.25, -0.2) is 4.39 Å². The van der Waals surface area contributed by atoms with Gasteiger partial charge in [0.25, 0.3) is 5.91 Å². The molecule has 1 amide bonds. The molecule has 0 aliphatic carbocycles. The molecule has 0 aromatic heterocycles. The van der Waals surface area contributed by atoms with Crippen molar-refractivity contribution < 1.29 is 13.9 Å². The maximum absolute atomic E-state index is 13.6. The number of rotatable bonds is 4. The first-order valence-electron chi connectivity index (χ1n) is 6.09. The lowest BCUT2D eigenvalue weighted by atomic mass is 10.2. The maximum Gasteiger partial charge on any atom is 0.255 e. The summed E-state index contributed by atoms with van der Waals surface area (Å²) in [6.07, 6.45) is 0. The van der Waals surface area contributed by atoms with Gasteiger partial charge in [-0.2, -0.15) is 0 Å². The van der Waals surface area contributed by atoms with E-state index in [1.807, 2.05) is 6.92 Å². The summed E-state index contributed by atoms with van der Waals surface area (Å²) in [5.74, 6) is -0.284. The van der Waals surface area contributed by atoms with E-state index in [1.165, 1.54) is 12.1 Å². The third kappa shape index (κ3) is 3.48. The van der Waals surface area contributed by atoms with E-state index in [9.17, 15) is 9.18 Å². The molecule has 104 valence electrons. The van der Waals surface area contributed by atoms with Crippen LogP contribution < -0.4 is 10.1 Å². The largest absolute Gasteiger partial charge is 0.494 e. The lowest BCUT2D eigenvalue weighted by Crippen LogP contribution is -2.12. The second-order valence-electron chi connectivity index (χ2n) is 4.04. The Balaban J connectivity index is 2.11. The number of halogens is 2. The number of nitrogens with one attached hydrogen (secondary N) is 1. The number of carbonyl (C=O) groups excluding carboxylic acids is 1. The molecule has 0 aliphatic rings. The van der Waals surface area contributed by atoms with Gasteiger partial charge in [-0.15, -0.1) is 0 Å². The van der Waals surface area contributed by atoms with E-state index >= 15 is 0 Å². The molecule has 1 N–H and O–H groups in total. The summed E-state index contributed by atoms with van der Waals surface area (Å²) in [6, 6.07) is 10.7. The number of amides is 1. The molecule has 2 aromatic carbocycles. The van der Waals surface area contributed by atoms with E-state index in [2.05, 4.69) is 5.32 Å². The second-order valence-corrected chi connectivity index (χ2v) is 4.47. The van der Waals surface area contributed by atoms with E-state index in [-0.39, 0.29) is 10.7 Å². The highest BCUT2D eigenvalue weighted by molar-refractivity contribution is 6.30. The van der Waals surface area contributed by atoms with Gasteiger partial charge in [-0.3, -0.25) is 4.79 Å². The summed E-state index contributed by atoms with van der Waals surface area (Å²) in [5, 5.41) is 2.77. The SMILES string of the molecule is CCOc1ccc(C(=O)Nc2ccc(Cl)cc2F)cc1. The van der Waals surface area contributed by atoms with Crippen molar-refractivity contribution in [1.29, 1.82) is 0 Å². The van der Waals surface area contributed by atoms with Crippen LogP contribution in [0.5, 0.6) is 5.75 Å². The second kappa shape index (κ2) is 6.39. The van der Waals surface area contributed by atoms with Gasteiger partial charge in [0.2, 0.25) is 0 Å². The number of anilines is 1. The van der Waals surface area contributed by atoms with Crippen molar-refractivity contribution in [2.45, 2.75) is 6.92 Å². The van der Waals surface area contributed by atoms with Crippen LogP contribution >= 0.6 is 11.6 Å². The zero-order valence-corrected chi connectivity index (χ0v) is 11.6. The molecule has 2 aromatic rings. The van der Waals surface area contributed by atoms with Gasteiger partial charge < -0.3 is 10.1 Å². The Morgan fingerprint density at radius 3 is 2.55 bits per heavy atom. The van der Waals surface area contributed by atoms with Crippen LogP contribution in [0.25, 0.3) is 0 Å². The van der Waals surface area contributed by atoms with Gasteiger partial charge >= 0.3 is 0 Å². The van der Waals surface area contributed by atoms with Crippen molar-refractivity contribution in [2.75, 3.05) is 11.9 Å². The molecule has 0 fully saturated rings. The van der Waals surface area contributed by atoms with E-state index in [1.54, 1.807) is 24.3 Å². The Bertz CT molecular complexity index is 614. The Hall–Kier alpha value is -2.07. The average Bonchev–Trinajstić information content (AvgIpc) is 2.43. The maximum atomic E-state index is 13.6. The van der Waals surface area contributed by atoms with Crippen LogP contribution in [0.3, 0.4) is 0 Å². The molecule has 3 nitrogen and oxygen atoms in total. The highest BCUT2D eigenvalue weighted by atomic mass is 35.5. The molecule has 0 bridgehead atoms. The molecule has 2 rings (SSSR count). The minimum absolute atomic E-state index is 0.0910. The Morgan fingerprint density at radius 2 is 1.95 bits per heavy atom. The number of hydrogen-bond acceptors (Lipinski definition) is 2. The third-order valence-electron chi connectivity index (χ3n) is 2.61. The van der Waals surface area contributed by atoms with Gasteiger partial charge in [0.05, 0.1) is 12.3 Å². The van der Waals surface area contributed by atoms with Gasteiger partial charge in [0, 0.05) is 10.6 Å². The fourth-order valence-electron chi connectivity index (χ4n) is 1.65. The standard InChI is InChI=1S/C15H13ClFNO2/c1-2-20-12-6-3-10(4-7-12)15(19)18-14-8-5-11(16)9-13(14)17/h3-9H,2H2,1H3,(H,18,19). The molecule has 5 heteroatoms. The van der Waals surface area contributed by atoms with E-state index in [0.717, 1.165) is 6.07 Å². The normalized spacial score (nSPS) is 10.2. The Labute approximate surface area is 121 Å². The zero-order chi connectivity index (χ0) is 14.5. The Morgan fingerprint density at radius 1 is 1.25 bits per heavy atom. The number of ether oxygens (including phenoxy) is 1. The predicted molar refractivity (Wildman–Crippen MR) is 77.0 cm³/mol. The molecule has 0 aliphatic heterocycles. The predicted octanol–water partition coefficient (Wildman–Crippen LogP) is 4.13. The first kappa shape index (κ1) is 14.3. The molecule has 0 unspecified atom stereocenters. The number of hydrogen-bond donors (Lipinski definition) is 1. The van der Waals surface area contributed by atoms with E-state index in [0.29, 0.717) is 17.9 Å². The van der Waals surface area contributed by atoms with Crippen LogP contribution in [-0.2, 0) is 0 Å². The van der Waals surface area contributed by atoms with E-state index < -0.39 is 11.7 Å². The minimum Gasteiger partial charge on any atom is -0.494 e. The van der Waals surface area contributed by atoms with Gasteiger partial charge in [0.15, 0.2) is 0 Å². The number of carbonyl (C=O) groups is 1. The van der Waals surface area contributed by atoms with Crippen LogP contribution in [0.2, 0.25) is 5.02 Å². The highest BCUT2D eigenvalue weighted by Crippen LogP contribution is 2.20. The molecule has 20 heavy (non-hydrogen) atoms. The van der Waals surface area contributed by atoms with Crippen molar-refractivity contribution in [3.63, 3.8) is 0 Å². The monoisotopic (exact) mass is 293 g/mol. The lowest BCUT2D eigenvalue weighted by molar-refractivity contribution is 0.102. The average molecular weight is 294 g/mol. The Kier molecular flexibility index (Phi) is 4.58. The highest BCUT2D eigenvalue weighted by Gasteiger charge is 2.09. The summed E-state index contributed by atoms with van der Waals surface area (Å²) < 4.78 is 18.9. The number of benzene rings is 2. The summed E-state index contributed by atoms with van der Waals surface area (Å²) in [5.41, 5.74) is 0.510. The van der Waals surface area contributed by atoms with Crippen molar-refractivity contribution in [3.8, 4) is 5.75 Å². The van der Waals surface area contributed by atoms with Crippen molar-refractivity contribution in [2.24, 2.45) is 0 Å². The summed E-state index contributed by atoms with van der Waals surface area (Å²) in [4.78, 5) is 12.0. The van der Waals surface area contributed by atoms with Crippen molar-refractivity contribution in [1.82, 2.24) is 0 Å². The van der Waals surface area contributed by atoms with Crippen molar-refractivity contribution >= 4 is 23.2 Å². The van der Waals surface area contributed by atoms with Gasteiger partial charge in [0.1, 0.15) is 11.6 Å². The van der Waals surface area contributed by atoms with Crippen molar-refractivity contribution in [3.05, 3.63) is 58.9 Å². The summed E-state index contributed by atoms with van der Waals surface area (Å²) in [6.45, 7) is 2.44. The van der Waals surface area contributed by atoms with Gasteiger partial charge in [-0.05, 0) is 49.4 Å². The van der Waals surface area contributed by atoms with Crippen LogP contribution in [0.1, 0.15) is 17.3 Å². The molecule has 0 atom stereocenters. The quantitative estimate of drug-likeness (QED) is 0.920. The summed E-state index contributed by atoms with van der Waals surface area (Å²) >= 11 is 5.65. The fraction of sp³-hybridized carbons (Fsp3) is 0.133. The molecule has 0 heterocycles. The molecule has 0 saturated carbocycles. The molecule has 0 spiro atoms. The fourth-order valence-corrected chi connectivity index (χ4v) is 1.81. The smallest absolute Gasteiger partial charge is 0.255 e. The van der Waals surface area contributed by atoms with Crippen LogP contribution in [0.15, 0.2) is 42.5 Å². The van der Waals surface area contributed by atoms with Crippen LogP contribution in [0.4, 0.5) is 10.1 Å². The van der Waals surface area contributed by atoms with Gasteiger partial charge in [-0.1, -0.05) is 11.6 Å². The van der Waals surface area contributed by atoms with Crippen LogP contribution in [-0.4, -0.2) is 12.5 Å². The third-order valence-corrected chi connectivity index (χ3v) is 2.84. The first-order chi connectivity index (χ1) is 9.60. The molecular formula is C15H13ClFNO2. The van der Waals surface area contributed by atoms with Crippen LogP contribution in [0, 0.1) is 5.82 Å². The topological polar surface area (TPSA) is 38.3 Å². The first-order valence-corrected chi connectivity index (χ1v) is 6.47. The van der Waals surface area contributed by atoms with E-state index in [4.69, 9.17) is 16.3 Å².